The first-order valence-corrected chi connectivity index (χ1v) is 9.22. The number of anilines is 1. The van der Waals surface area contributed by atoms with Gasteiger partial charge in [0.15, 0.2) is 0 Å². The second-order valence-electron chi connectivity index (χ2n) is 6.65. The summed E-state index contributed by atoms with van der Waals surface area (Å²) >= 11 is 0. The quantitative estimate of drug-likeness (QED) is 0.459. The van der Waals surface area contributed by atoms with E-state index in [9.17, 15) is 0 Å². The molecule has 0 saturated carbocycles. The number of imidazole rings is 2. The number of nitrogens with one attached hydrogen (secondary N) is 2. The number of para-hydroxylation sites is 2. The van der Waals surface area contributed by atoms with Crippen molar-refractivity contribution in [3.8, 4) is 17.1 Å². The van der Waals surface area contributed by atoms with Gasteiger partial charge in [-0.25, -0.2) is 9.97 Å². The van der Waals surface area contributed by atoms with Gasteiger partial charge in [-0.2, -0.15) is 0 Å². The average Bonchev–Trinajstić information content (AvgIpc) is 3.43. The molecule has 2 N–H and O–H groups in total. The molecule has 2 heterocycles. The summed E-state index contributed by atoms with van der Waals surface area (Å²) in [6.07, 6.45) is 5.48. The Morgan fingerprint density at radius 1 is 0.893 bits per heavy atom. The predicted molar refractivity (Wildman–Crippen MR) is 112 cm³/mol. The van der Waals surface area contributed by atoms with E-state index in [1.54, 1.807) is 6.20 Å². The van der Waals surface area contributed by atoms with Gasteiger partial charge in [0, 0.05) is 35.9 Å². The van der Waals surface area contributed by atoms with Gasteiger partial charge >= 0.3 is 0 Å². The number of fused-ring (bicyclic) bond motifs is 1. The molecule has 3 aromatic carbocycles. The van der Waals surface area contributed by atoms with E-state index in [4.69, 9.17) is 0 Å². The topological polar surface area (TPSA) is 58.5 Å². The maximum absolute atomic E-state index is 4.49. The summed E-state index contributed by atoms with van der Waals surface area (Å²) in [6.45, 7) is 0.739. The summed E-state index contributed by atoms with van der Waals surface area (Å²) in [5.41, 5.74) is 6.54. The molecule has 0 unspecified atom stereocenters. The van der Waals surface area contributed by atoms with Crippen molar-refractivity contribution < 1.29 is 0 Å². The highest BCUT2D eigenvalue weighted by atomic mass is 15.0. The minimum atomic E-state index is 0.739. The molecular formula is C23H19N5. The van der Waals surface area contributed by atoms with Gasteiger partial charge in [-0.05, 0) is 42.0 Å². The fraction of sp³-hybridized carbons (Fsp3) is 0.0435. The molecule has 5 heteroatoms. The fourth-order valence-electron chi connectivity index (χ4n) is 3.39. The van der Waals surface area contributed by atoms with E-state index < -0.39 is 0 Å². The van der Waals surface area contributed by atoms with Crippen LogP contribution in [0.2, 0.25) is 0 Å². The zero-order valence-corrected chi connectivity index (χ0v) is 15.2. The van der Waals surface area contributed by atoms with E-state index >= 15 is 0 Å². The van der Waals surface area contributed by atoms with Crippen molar-refractivity contribution in [2.75, 3.05) is 5.32 Å². The zero-order valence-electron chi connectivity index (χ0n) is 15.2. The molecule has 0 saturated heterocycles. The Morgan fingerprint density at radius 2 is 1.82 bits per heavy atom. The molecule has 0 aliphatic carbocycles. The molecule has 5 rings (SSSR count). The van der Waals surface area contributed by atoms with Crippen LogP contribution < -0.4 is 5.32 Å². The van der Waals surface area contributed by atoms with Crippen LogP contribution in [0.25, 0.3) is 28.1 Å². The van der Waals surface area contributed by atoms with Gasteiger partial charge in [-0.1, -0.05) is 36.4 Å². The maximum Gasteiger partial charge on any atom is 0.137 e. The van der Waals surface area contributed by atoms with Crippen molar-refractivity contribution in [2.24, 2.45) is 0 Å². The van der Waals surface area contributed by atoms with Crippen LogP contribution in [0.3, 0.4) is 0 Å². The summed E-state index contributed by atoms with van der Waals surface area (Å²) in [5.74, 6) is 0.885. The largest absolute Gasteiger partial charge is 0.381 e. The molecular weight excluding hydrogens is 346 g/mol. The van der Waals surface area contributed by atoms with Crippen molar-refractivity contribution in [3.05, 3.63) is 97.1 Å². The molecule has 0 amide bonds. The summed E-state index contributed by atoms with van der Waals surface area (Å²) < 4.78 is 2.11. The molecule has 5 aromatic rings. The van der Waals surface area contributed by atoms with Crippen molar-refractivity contribution in [2.45, 2.75) is 6.54 Å². The molecule has 0 fully saturated rings. The average molecular weight is 365 g/mol. The van der Waals surface area contributed by atoms with Gasteiger partial charge in [0.25, 0.3) is 0 Å². The molecule has 0 atom stereocenters. The van der Waals surface area contributed by atoms with E-state index in [1.807, 2.05) is 30.7 Å². The van der Waals surface area contributed by atoms with Crippen molar-refractivity contribution >= 4 is 16.7 Å². The third-order valence-electron chi connectivity index (χ3n) is 4.77. The molecule has 0 radical (unpaired) electrons. The number of H-pyrrole nitrogens is 1. The van der Waals surface area contributed by atoms with Crippen LogP contribution in [0.4, 0.5) is 5.69 Å². The van der Waals surface area contributed by atoms with Crippen molar-refractivity contribution in [1.82, 2.24) is 19.5 Å². The van der Waals surface area contributed by atoms with E-state index in [-0.39, 0.29) is 0 Å². The molecule has 0 spiro atoms. The number of hydrogen-bond acceptors (Lipinski definition) is 3. The Kier molecular flexibility index (Phi) is 4.10. The van der Waals surface area contributed by atoms with Crippen LogP contribution >= 0.6 is 0 Å². The van der Waals surface area contributed by atoms with Crippen LogP contribution in [0.5, 0.6) is 0 Å². The Bertz CT molecular complexity index is 1220. The highest BCUT2D eigenvalue weighted by Gasteiger charge is 2.05. The summed E-state index contributed by atoms with van der Waals surface area (Å²) in [6, 6.07) is 24.9. The smallest absolute Gasteiger partial charge is 0.137 e. The normalized spacial score (nSPS) is 11.0. The monoisotopic (exact) mass is 365 g/mol. The fourth-order valence-corrected chi connectivity index (χ4v) is 3.39. The minimum Gasteiger partial charge on any atom is -0.381 e. The third kappa shape index (κ3) is 3.14. The zero-order chi connectivity index (χ0) is 18.8. The summed E-state index contributed by atoms with van der Waals surface area (Å²) in [5, 5.41) is 3.52. The Balaban J connectivity index is 1.37. The lowest BCUT2D eigenvalue weighted by molar-refractivity contribution is 1.08. The molecule has 136 valence electrons. The van der Waals surface area contributed by atoms with E-state index in [2.05, 4.69) is 79.4 Å². The number of hydrogen-bond donors (Lipinski definition) is 2. The van der Waals surface area contributed by atoms with Crippen LogP contribution in [0.15, 0.2) is 91.5 Å². The lowest BCUT2D eigenvalue weighted by Gasteiger charge is -2.10. The Labute approximate surface area is 162 Å². The van der Waals surface area contributed by atoms with Gasteiger partial charge in [-0.3, -0.25) is 4.57 Å². The number of aromatic amines is 1. The van der Waals surface area contributed by atoms with Gasteiger partial charge in [0.2, 0.25) is 0 Å². The Morgan fingerprint density at radius 3 is 2.75 bits per heavy atom. The predicted octanol–water partition coefficient (Wildman–Crippen LogP) is 5.03. The highest BCUT2D eigenvalue weighted by molar-refractivity contribution is 5.77. The second kappa shape index (κ2) is 7.04. The number of benzene rings is 3. The Hall–Kier alpha value is -3.86. The third-order valence-corrected chi connectivity index (χ3v) is 4.77. The summed E-state index contributed by atoms with van der Waals surface area (Å²) in [7, 11) is 0. The number of rotatable bonds is 5. The van der Waals surface area contributed by atoms with E-state index in [0.717, 1.165) is 40.3 Å². The van der Waals surface area contributed by atoms with Gasteiger partial charge in [0.1, 0.15) is 12.2 Å². The first kappa shape index (κ1) is 16.3. The lowest BCUT2D eigenvalue weighted by atomic mass is 10.1. The molecule has 2 aromatic heterocycles. The first-order chi connectivity index (χ1) is 13.9. The second-order valence-corrected chi connectivity index (χ2v) is 6.65. The van der Waals surface area contributed by atoms with Crippen LogP contribution in [0.1, 0.15) is 5.56 Å². The number of aromatic nitrogens is 4. The number of nitrogens with zero attached hydrogens (tertiary/aromatic N) is 3. The first-order valence-electron chi connectivity index (χ1n) is 9.22. The minimum absolute atomic E-state index is 0.739. The molecule has 0 aliphatic heterocycles. The molecule has 5 nitrogen and oxygen atoms in total. The van der Waals surface area contributed by atoms with Gasteiger partial charge in [-0.15, -0.1) is 0 Å². The standard InChI is InChI=1S/C23H19N5/c1-2-10-22-21(9-1)27-16-28(22)20-8-4-7-19(14-20)26-15-17-5-3-6-18(13-17)23-24-11-12-25-23/h1-14,16,26H,15H2,(H,24,25). The van der Waals surface area contributed by atoms with E-state index in [1.165, 1.54) is 5.56 Å². The SMILES string of the molecule is c1cc(CNc2cccc(-n3cnc4ccccc43)c2)cc(-c2ncc[nH]2)c1. The van der Waals surface area contributed by atoms with E-state index in [0.29, 0.717) is 0 Å². The molecule has 0 aliphatic rings. The maximum atomic E-state index is 4.49. The summed E-state index contributed by atoms with van der Waals surface area (Å²) in [4.78, 5) is 12.0. The lowest BCUT2D eigenvalue weighted by Crippen LogP contribution is -2.01. The van der Waals surface area contributed by atoms with Crippen LogP contribution in [-0.2, 0) is 6.54 Å². The van der Waals surface area contributed by atoms with Crippen LogP contribution in [-0.4, -0.2) is 19.5 Å². The van der Waals surface area contributed by atoms with Crippen molar-refractivity contribution in [3.63, 3.8) is 0 Å². The van der Waals surface area contributed by atoms with Gasteiger partial charge < -0.3 is 10.3 Å². The highest BCUT2D eigenvalue weighted by Crippen LogP contribution is 2.21. The van der Waals surface area contributed by atoms with Crippen LogP contribution in [0, 0.1) is 0 Å². The molecule has 28 heavy (non-hydrogen) atoms. The van der Waals surface area contributed by atoms with Crippen molar-refractivity contribution in [1.29, 1.82) is 0 Å². The molecule has 0 bridgehead atoms. The van der Waals surface area contributed by atoms with Gasteiger partial charge in [0.05, 0.1) is 11.0 Å².